The van der Waals surface area contributed by atoms with Crippen molar-refractivity contribution < 1.29 is 21.6 Å². The van der Waals surface area contributed by atoms with Gasteiger partial charge < -0.3 is 0 Å². The van der Waals surface area contributed by atoms with Crippen LogP contribution in [0.3, 0.4) is 0 Å². The second-order valence-corrected chi connectivity index (χ2v) is 6.05. The van der Waals surface area contributed by atoms with Gasteiger partial charge >= 0.3 is 6.18 Å². The second kappa shape index (κ2) is 4.25. The van der Waals surface area contributed by atoms with Crippen LogP contribution >= 0.6 is 33.9 Å². The molecular formula is C7H2Cl3F3O2S. The van der Waals surface area contributed by atoms with E-state index >= 15 is 0 Å². The maximum Gasteiger partial charge on any atom is 0.417 e. The Hall–Kier alpha value is -0.170. The standard InChI is InChI=1S/C7H2Cl3F3O2S/c8-5-2-3(16(10,14)15)1-4(6(5)9)7(11,12)13/h1-2H. The van der Waals surface area contributed by atoms with Crippen LogP contribution in [0.25, 0.3) is 0 Å². The molecule has 0 bridgehead atoms. The van der Waals surface area contributed by atoms with Gasteiger partial charge in [-0.25, -0.2) is 8.42 Å². The van der Waals surface area contributed by atoms with Gasteiger partial charge in [0.05, 0.1) is 20.5 Å². The van der Waals surface area contributed by atoms with Gasteiger partial charge in [-0.3, -0.25) is 0 Å². The van der Waals surface area contributed by atoms with E-state index in [1.165, 1.54) is 0 Å². The van der Waals surface area contributed by atoms with E-state index in [9.17, 15) is 21.6 Å². The zero-order valence-corrected chi connectivity index (χ0v) is 10.2. The summed E-state index contributed by atoms with van der Waals surface area (Å²) in [5, 5.41) is -1.30. The topological polar surface area (TPSA) is 34.1 Å². The Balaban J connectivity index is 3.59. The average molecular weight is 314 g/mol. The minimum absolute atomic E-state index is 0.330. The Bertz CT molecular complexity index is 524. The molecule has 0 radical (unpaired) electrons. The summed E-state index contributed by atoms with van der Waals surface area (Å²) < 4.78 is 59.0. The number of alkyl halides is 3. The molecule has 0 heterocycles. The van der Waals surface area contributed by atoms with Crippen LogP contribution in [0.4, 0.5) is 13.2 Å². The lowest BCUT2D eigenvalue weighted by atomic mass is 10.2. The van der Waals surface area contributed by atoms with Crippen molar-refractivity contribution in [1.82, 2.24) is 0 Å². The highest BCUT2D eigenvalue weighted by Gasteiger charge is 2.35. The van der Waals surface area contributed by atoms with Crippen LogP contribution < -0.4 is 0 Å². The van der Waals surface area contributed by atoms with E-state index in [1.54, 1.807) is 0 Å². The van der Waals surface area contributed by atoms with E-state index in [2.05, 4.69) is 0 Å². The number of hydrogen-bond acceptors (Lipinski definition) is 2. The fourth-order valence-corrected chi connectivity index (χ4v) is 2.20. The summed E-state index contributed by atoms with van der Waals surface area (Å²) in [6.07, 6.45) is -4.81. The predicted octanol–water partition coefficient (Wildman–Crippen LogP) is 3.94. The fourth-order valence-electron chi connectivity index (χ4n) is 0.911. The van der Waals surface area contributed by atoms with Crippen LogP contribution in [0.5, 0.6) is 0 Å². The van der Waals surface area contributed by atoms with Gasteiger partial charge in [0.1, 0.15) is 0 Å². The molecule has 0 saturated heterocycles. The highest BCUT2D eigenvalue weighted by molar-refractivity contribution is 8.13. The minimum Gasteiger partial charge on any atom is -0.207 e. The van der Waals surface area contributed by atoms with Crippen LogP contribution in [-0.2, 0) is 15.2 Å². The quantitative estimate of drug-likeness (QED) is 0.736. The van der Waals surface area contributed by atoms with Crippen molar-refractivity contribution in [3.8, 4) is 0 Å². The Morgan fingerprint density at radius 3 is 2.00 bits per heavy atom. The zero-order chi connectivity index (χ0) is 12.7. The van der Waals surface area contributed by atoms with Gasteiger partial charge in [0, 0.05) is 10.7 Å². The fraction of sp³-hybridized carbons (Fsp3) is 0.143. The zero-order valence-electron chi connectivity index (χ0n) is 7.15. The Labute approximate surface area is 103 Å². The molecular weight excluding hydrogens is 311 g/mol. The highest BCUT2D eigenvalue weighted by atomic mass is 35.7. The first kappa shape index (κ1) is 13.9. The van der Waals surface area contributed by atoms with Gasteiger partial charge in [-0.05, 0) is 12.1 Å². The molecule has 0 atom stereocenters. The number of rotatable bonds is 1. The van der Waals surface area contributed by atoms with E-state index < -0.39 is 35.7 Å². The maximum absolute atomic E-state index is 12.4. The smallest absolute Gasteiger partial charge is 0.207 e. The molecule has 1 rings (SSSR count). The van der Waals surface area contributed by atoms with Gasteiger partial charge in [0.2, 0.25) is 0 Å². The molecule has 90 valence electrons. The molecule has 9 heteroatoms. The van der Waals surface area contributed by atoms with Gasteiger partial charge in [0.15, 0.2) is 0 Å². The summed E-state index contributed by atoms with van der Waals surface area (Å²) in [4.78, 5) is -0.754. The summed E-state index contributed by atoms with van der Waals surface area (Å²) in [6.45, 7) is 0. The summed E-state index contributed by atoms with van der Waals surface area (Å²) in [6, 6.07) is 1.08. The normalized spacial score (nSPS) is 12.9. The number of halogens is 6. The van der Waals surface area contributed by atoms with Crippen LogP contribution in [0.15, 0.2) is 17.0 Å². The molecule has 16 heavy (non-hydrogen) atoms. The third-order valence-corrected chi connectivity index (χ3v) is 3.72. The van der Waals surface area contributed by atoms with Gasteiger partial charge in [0.25, 0.3) is 9.05 Å². The van der Waals surface area contributed by atoms with Crippen molar-refractivity contribution in [2.45, 2.75) is 11.1 Å². The lowest BCUT2D eigenvalue weighted by molar-refractivity contribution is -0.137. The highest BCUT2D eigenvalue weighted by Crippen LogP contribution is 2.40. The lowest BCUT2D eigenvalue weighted by Crippen LogP contribution is -2.07. The van der Waals surface area contributed by atoms with Gasteiger partial charge in [-0.2, -0.15) is 13.2 Å². The first-order valence-electron chi connectivity index (χ1n) is 3.54. The summed E-state index contributed by atoms with van der Waals surface area (Å²) >= 11 is 10.7. The van der Waals surface area contributed by atoms with Gasteiger partial charge in [-0.15, -0.1) is 0 Å². The third-order valence-electron chi connectivity index (χ3n) is 1.59. The molecule has 0 N–H and O–H groups in total. The van der Waals surface area contributed by atoms with Crippen molar-refractivity contribution in [1.29, 1.82) is 0 Å². The van der Waals surface area contributed by atoms with Crippen LogP contribution in [0.1, 0.15) is 5.56 Å². The summed E-state index contributed by atoms with van der Waals surface area (Å²) in [7, 11) is 0.612. The van der Waals surface area contributed by atoms with Crippen molar-refractivity contribution in [2.75, 3.05) is 0 Å². The van der Waals surface area contributed by atoms with Crippen molar-refractivity contribution in [3.63, 3.8) is 0 Å². The first-order valence-corrected chi connectivity index (χ1v) is 6.61. The van der Waals surface area contributed by atoms with Crippen LogP contribution in [-0.4, -0.2) is 8.42 Å². The molecule has 0 aliphatic rings. The Kier molecular flexibility index (Phi) is 3.69. The molecule has 0 unspecified atom stereocenters. The van der Waals surface area contributed by atoms with E-state index in [0.29, 0.717) is 6.07 Å². The second-order valence-electron chi connectivity index (χ2n) is 2.70. The predicted molar refractivity (Wildman–Crippen MR) is 54.5 cm³/mol. The van der Waals surface area contributed by atoms with E-state index in [-0.39, 0.29) is 0 Å². The van der Waals surface area contributed by atoms with E-state index in [0.717, 1.165) is 6.07 Å². The summed E-state index contributed by atoms with van der Waals surface area (Å²) in [5.74, 6) is 0. The minimum atomic E-state index is -4.81. The molecule has 0 aliphatic heterocycles. The van der Waals surface area contributed by atoms with Gasteiger partial charge in [-0.1, -0.05) is 23.2 Å². The van der Waals surface area contributed by atoms with Crippen molar-refractivity contribution in [2.24, 2.45) is 0 Å². The number of benzene rings is 1. The monoisotopic (exact) mass is 312 g/mol. The lowest BCUT2D eigenvalue weighted by Gasteiger charge is -2.11. The first-order chi connectivity index (χ1) is 7.03. The maximum atomic E-state index is 12.4. The Morgan fingerprint density at radius 1 is 1.12 bits per heavy atom. The van der Waals surface area contributed by atoms with Crippen LogP contribution in [0, 0.1) is 0 Å². The largest absolute Gasteiger partial charge is 0.417 e. The average Bonchev–Trinajstić information content (AvgIpc) is 2.05. The Morgan fingerprint density at radius 2 is 1.62 bits per heavy atom. The molecule has 0 spiro atoms. The van der Waals surface area contributed by atoms with E-state index in [1.807, 2.05) is 0 Å². The molecule has 0 aromatic heterocycles. The third kappa shape index (κ3) is 2.94. The molecule has 1 aromatic rings. The SMILES string of the molecule is O=S(=O)(Cl)c1cc(Cl)c(Cl)c(C(F)(F)F)c1. The molecule has 0 amide bonds. The van der Waals surface area contributed by atoms with E-state index in [4.69, 9.17) is 33.9 Å². The van der Waals surface area contributed by atoms with Crippen molar-refractivity contribution in [3.05, 3.63) is 27.7 Å². The molecule has 0 fully saturated rings. The molecule has 0 aliphatic carbocycles. The molecule has 1 aromatic carbocycles. The van der Waals surface area contributed by atoms with Crippen LogP contribution in [0.2, 0.25) is 10.0 Å². The summed E-state index contributed by atoms with van der Waals surface area (Å²) in [5.41, 5.74) is -1.35. The van der Waals surface area contributed by atoms with Crippen molar-refractivity contribution >= 4 is 42.9 Å². The molecule has 0 saturated carbocycles. The number of hydrogen-bond donors (Lipinski definition) is 0. The molecule has 2 nitrogen and oxygen atoms in total.